The third-order valence-corrected chi connectivity index (χ3v) is 2.88. The van der Waals surface area contributed by atoms with E-state index < -0.39 is 0 Å². The number of aromatic amines is 1. The lowest BCUT2D eigenvalue weighted by atomic mass is 10.2. The molecule has 0 amide bonds. The fourth-order valence-electron chi connectivity index (χ4n) is 1.74. The molecule has 3 aromatic rings. The van der Waals surface area contributed by atoms with Gasteiger partial charge < -0.3 is 9.15 Å². The van der Waals surface area contributed by atoms with Gasteiger partial charge in [0, 0.05) is 5.56 Å². The topological polar surface area (TPSA) is 81.8 Å². The molecule has 0 saturated heterocycles. The number of methoxy groups -OCH3 is 1. The molecule has 0 aliphatic rings. The van der Waals surface area contributed by atoms with Crippen LogP contribution in [0.15, 0.2) is 34.9 Å². The average molecular weight is 289 g/mol. The molecule has 0 unspecified atom stereocenters. The molecule has 102 valence electrons. The Morgan fingerprint density at radius 2 is 2.15 bits per heavy atom. The van der Waals surface area contributed by atoms with Crippen molar-refractivity contribution in [3.63, 3.8) is 0 Å². The molecule has 7 nitrogen and oxygen atoms in total. The first-order chi connectivity index (χ1) is 9.74. The third-order valence-electron chi connectivity index (χ3n) is 2.70. The minimum absolute atomic E-state index is 0.246. The zero-order valence-corrected chi connectivity index (χ0v) is 11.4. The van der Waals surface area contributed by atoms with E-state index in [0.717, 1.165) is 17.0 Å². The lowest BCUT2D eigenvalue weighted by molar-refractivity contribution is 0.415. The SMILES string of the molecule is COc1ccc(-c2cn(Cc3n[nH]c(=S)o3)nn2)cc1. The molecule has 0 saturated carbocycles. The minimum Gasteiger partial charge on any atom is -0.497 e. The van der Waals surface area contributed by atoms with E-state index in [1.165, 1.54) is 0 Å². The maximum absolute atomic E-state index is 5.18. The summed E-state index contributed by atoms with van der Waals surface area (Å²) in [6.45, 7) is 0.371. The second-order valence-electron chi connectivity index (χ2n) is 4.04. The van der Waals surface area contributed by atoms with Crippen LogP contribution in [-0.4, -0.2) is 32.3 Å². The van der Waals surface area contributed by atoms with E-state index in [1.807, 2.05) is 30.5 Å². The van der Waals surface area contributed by atoms with Gasteiger partial charge >= 0.3 is 0 Å². The summed E-state index contributed by atoms with van der Waals surface area (Å²) in [6.07, 6.45) is 1.81. The quantitative estimate of drug-likeness (QED) is 0.740. The number of rotatable bonds is 4. The van der Waals surface area contributed by atoms with Crippen molar-refractivity contribution in [2.45, 2.75) is 6.54 Å². The number of ether oxygens (including phenoxy) is 1. The van der Waals surface area contributed by atoms with E-state index in [-0.39, 0.29) is 4.84 Å². The molecular weight excluding hydrogens is 278 g/mol. The number of H-pyrrole nitrogens is 1. The average Bonchev–Trinajstić information content (AvgIpc) is 3.09. The van der Waals surface area contributed by atoms with Crippen LogP contribution in [0.5, 0.6) is 5.75 Å². The van der Waals surface area contributed by atoms with E-state index in [0.29, 0.717) is 12.4 Å². The van der Waals surface area contributed by atoms with Gasteiger partial charge in [-0.2, -0.15) is 0 Å². The highest BCUT2D eigenvalue weighted by molar-refractivity contribution is 7.71. The van der Waals surface area contributed by atoms with Crippen molar-refractivity contribution in [3.05, 3.63) is 41.2 Å². The van der Waals surface area contributed by atoms with Gasteiger partial charge in [-0.15, -0.1) is 10.2 Å². The van der Waals surface area contributed by atoms with Crippen molar-refractivity contribution >= 4 is 12.2 Å². The Bertz CT molecular complexity index is 759. The summed E-state index contributed by atoms with van der Waals surface area (Å²) in [4.78, 5) is 0.246. The Morgan fingerprint density at radius 3 is 2.80 bits per heavy atom. The lowest BCUT2D eigenvalue weighted by Gasteiger charge is -1.99. The Labute approximate surface area is 119 Å². The fraction of sp³-hybridized carbons (Fsp3) is 0.167. The highest BCUT2D eigenvalue weighted by Gasteiger charge is 2.07. The summed E-state index contributed by atoms with van der Waals surface area (Å²) in [7, 11) is 1.63. The van der Waals surface area contributed by atoms with Gasteiger partial charge in [0.2, 0.25) is 5.89 Å². The van der Waals surface area contributed by atoms with Crippen LogP contribution in [0.1, 0.15) is 5.89 Å². The number of nitrogens with one attached hydrogen (secondary N) is 1. The van der Waals surface area contributed by atoms with Gasteiger partial charge in [0.15, 0.2) is 0 Å². The molecule has 0 aliphatic carbocycles. The molecule has 20 heavy (non-hydrogen) atoms. The summed E-state index contributed by atoms with van der Waals surface area (Å²) in [5.74, 6) is 1.26. The molecule has 1 N–H and O–H groups in total. The van der Waals surface area contributed by atoms with Crippen LogP contribution in [0.3, 0.4) is 0 Å². The molecule has 1 aromatic carbocycles. The highest BCUT2D eigenvalue weighted by Crippen LogP contribution is 2.20. The lowest BCUT2D eigenvalue weighted by Crippen LogP contribution is -2.00. The molecule has 0 atom stereocenters. The zero-order valence-electron chi connectivity index (χ0n) is 10.6. The van der Waals surface area contributed by atoms with E-state index in [1.54, 1.807) is 11.8 Å². The Balaban J connectivity index is 1.80. The van der Waals surface area contributed by atoms with Crippen molar-refractivity contribution in [3.8, 4) is 17.0 Å². The van der Waals surface area contributed by atoms with Crippen molar-refractivity contribution in [1.29, 1.82) is 0 Å². The smallest absolute Gasteiger partial charge is 0.284 e. The first-order valence-electron chi connectivity index (χ1n) is 5.83. The first kappa shape index (κ1) is 12.5. The van der Waals surface area contributed by atoms with Crippen LogP contribution in [0.2, 0.25) is 0 Å². The van der Waals surface area contributed by atoms with E-state index in [4.69, 9.17) is 21.4 Å². The fourth-order valence-corrected chi connectivity index (χ4v) is 1.88. The summed E-state index contributed by atoms with van der Waals surface area (Å²) >= 11 is 4.81. The number of aromatic nitrogens is 5. The summed E-state index contributed by atoms with van der Waals surface area (Å²) < 4.78 is 11.9. The molecular formula is C12H11N5O2S. The van der Waals surface area contributed by atoms with Crippen LogP contribution >= 0.6 is 12.2 Å². The van der Waals surface area contributed by atoms with Crippen LogP contribution in [0.4, 0.5) is 0 Å². The largest absolute Gasteiger partial charge is 0.497 e. The summed E-state index contributed by atoms with van der Waals surface area (Å²) in [5.41, 5.74) is 1.72. The maximum atomic E-state index is 5.18. The van der Waals surface area contributed by atoms with Crippen LogP contribution in [0.25, 0.3) is 11.3 Å². The first-order valence-corrected chi connectivity index (χ1v) is 6.24. The standard InChI is InChI=1S/C12H11N5O2S/c1-18-9-4-2-8(3-5-9)10-6-17(16-13-10)7-11-14-15-12(20)19-11/h2-6H,7H2,1H3,(H,15,20). The number of hydrogen-bond donors (Lipinski definition) is 1. The molecule has 0 fully saturated rings. The van der Waals surface area contributed by atoms with Gasteiger partial charge in [-0.25, -0.2) is 9.78 Å². The predicted molar refractivity (Wildman–Crippen MR) is 72.8 cm³/mol. The van der Waals surface area contributed by atoms with Gasteiger partial charge in [-0.3, -0.25) is 0 Å². The van der Waals surface area contributed by atoms with Crippen molar-refractivity contribution in [1.82, 2.24) is 25.2 Å². The molecule has 0 aliphatic heterocycles. The monoisotopic (exact) mass is 289 g/mol. The summed E-state index contributed by atoms with van der Waals surface area (Å²) in [6, 6.07) is 7.60. The van der Waals surface area contributed by atoms with Crippen LogP contribution < -0.4 is 4.74 Å². The van der Waals surface area contributed by atoms with Gasteiger partial charge in [0.25, 0.3) is 4.84 Å². The zero-order chi connectivity index (χ0) is 13.9. The van der Waals surface area contributed by atoms with Crippen molar-refractivity contribution < 1.29 is 9.15 Å². The third kappa shape index (κ3) is 2.59. The maximum Gasteiger partial charge on any atom is 0.284 e. The molecule has 8 heteroatoms. The normalized spacial score (nSPS) is 10.7. The van der Waals surface area contributed by atoms with Gasteiger partial charge in [0.1, 0.15) is 18.0 Å². The minimum atomic E-state index is 0.246. The van der Waals surface area contributed by atoms with Crippen LogP contribution in [0, 0.1) is 4.84 Å². The predicted octanol–water partition coefficient (Wildman–Crippen LogP) is 2.05. The Morgan fingerprint density at radius 1 is 1.35 bits per heavy atom. The van der Waals surface area contributed by atoms with Gasteiger partial charge in [-0.05, 0) is 36.5 Å². The second-order valence-corrected chi connectivity index (χ2v) is 4.41. The van der Waals surface area contributed by atoms with E-state index >= 15 is 0 Å². The van der Waals surface area contributed by atoms with E-state index in [2.05, 4.69) is 20.5 Å². The molecule has 3 rings (SSSR count). The number of benzene rings is 1. The molecule has 0 radical (unpaired) electrons. The molecule has 2 aromatic heterocycles. The Kier molecular flexibility index (Phi) is 3.30. The second kappa shape index (κ2) is 5.25. The Hall–Kier alpha value is -2.48. The number of nitrogens with zero attached hydrogens (tertiary/aromatic N) is 4. The van der Waals surface area contributed by atoms with Crippen molar-refractivity contribution in [2.75, 3.05) is 7.11 Å². The van der Waals surface area contributed by atoms with Crippen molar-refractivity contribution in [2.24, 2.45) is 0 Å². The number of hydrogen-bond acceptors (Lipinski definition) is 6. The van der Waals surface area contributed by atoms with E-state index in [9.17, 15) is 0 Å². The van der Waals surface area contributed by atoms with Gasteiger partial charge in [0.05, 0.1) is 13.3 Å². The summed E-state index contributed by atoms with van der Waals surface area (Å²) in [5, 5.41) is 14.6. The van der Waals surface area contributed by atoms with Gasteiger partial charge in [-0.1, -0.05) is 5.21 Å². The molecule has 0 spiro atoms. The van der Waals surface area contributed by atoms with Crippen LogP contribution in [-0.2, 0) is 6.54 Å². The highest BCUT2D eigenvalue weighted by atomic mass is 32.1. The molecule has 2 heterocycles. The molecule has 0 bridgehead atoms.